The number of hydrogen-bond acceptors (Lipinski definition) is 4. The van der Waals surface area contributed by atoms with Crippen molar-refractivity contribution in [1.29, 1.82) is 0 Å². The second kappa shape index (κ2) is 11.5. The first-order chi connectivity index (χ1) is 19.8. The fraction of sp³-hybridized carbons (Fsp3) is 0.133. The maximum absolute atomic E-state index is 12.9. The monoisotopic (exact) mass is 776 g/mol. The van der Waals surface area contributed by atoms with Crippen molar-refractivity contribution in [2.75, 3.05) is 0 Å². The normalized spacial score (nSPS) is 12.5. The van der Waals surface area contributed by atoms with Crippen molar-refractivity contribution in [3.63, 3.8) is 0 Å². The van der Waals surface area contributed by atoms with Gasteiger partial charge in [-0.15, -0.1) is 45.3 Å². The van der Waals surface area contributed by atoms with Crippen LogP contribution >= 0.6 is 77.2 Å². The highest BCUT2D eigenvalue weighted by atomic mass is 79.9. The lowest BCUT2D eigenvalue weighted by Gasteiger charge is -2.06. The Balaban J connectivity index is 1.15. The van der Waals surface area contributed by atoms with Crippen molar-refractivity contribution in [2.24, 2.45) is 0 Å². The van der Waals surface area contributed by atoms with E-state index in [1.54, 1.807) is 45.3 Å². The highest BCUT2D eigenvalue weighted by Crippen LogP contribution is 2.42. The molecule has 0 amide bonds. The number of thiophene rings is 4. The van der Waals surface area contributed by atoms with E-state index < -0.39 is 23.5 Å². The van der Waals surface area contributed by atoms with Crippen LogP contribution in [0.25, 0.3) is 30.3 Å². The molecule has 0 saturated heterocycles. The topological polar surface area (TPSA) is 0 Å². The molecule has 0 radical (unpaired) electrons. The SMILES string of the molecule is FC(F)(F)c1ccc(-c2cc(Br)c(Cc3cc4sc(Cc5sc(-c6ccc(C(F)(F)F)cc6)cc5Br)cc4s3)s2)cc1. The Hall–Kier alpha value is -1.96. The van der Waals surface area contributed by atoms with E-state index in [0.717, 1.165) is 76.7 Å². The number of alkyl halides is 6. The Morgan fingerprint density at radius 2 is 0.857 bits per heavy atom. The minimum Gasteiger partial charge on any atom is -0.166 e. The number of hydrogen-bond donors (Lipinski definition) is 0. The van der Waals surface area contributed by atoms with Gasteiger partial charge in [0.25, 0.3) is 0 Å². The molecule has 0 aliphatic carbocycles. The second-order valence-electron chi connectivity index (χ2n) is 9.42. The van der Waals surface area contributed by atoms with Crippen LogP contribution in [0.1, 0.15) is 30.6 Å². The molecule has 4 heterocycles. The average molecular weight is 779 g/mol. The van der Waals surface area contributed by atoms with E-state index in [9.17, 15) is 26.3 Å². The summed E-state index contributed by atoms with van der Waals surface area (Å²) >= 11 is 13.8. The Labute approximate surface area is 269 Å². The molecule has 6 aromatic rings. The summed E-state index contributed by atoms with van der Waals surface area (Å²) in [6.07, 6.45) is -7.27. The molecule has 4 aromatic heterocycles. The molecule has 42 heavy (non-hydrogen) atoms. The molecule has 216 valence electrons. The van der Waals surface area contributed by atoms with Crippen molar-refractivity contribution in [1.82, 2.24) is 0 Å². The molecule has 0 fully saturated rings. The van der Waals surface area contributed by atoms with Gasteiger partial charge < -0.3 is 0 Å². The summed E-state index contributed by atoms with van der Waals surface area (Å²) < 4.78 is 81.8. The zero-order valence-electron chi connectivity index (χ0n) is 21.0. The Morgan fingerprint density at radius 3 is 1.19 bits per heavy atom. The van der Waals surface area contributed by atoms with Crippen LogP contribution in [0, 0.1) is 0 Å². The molecule has 0 atom stereocenters. The van der Waals surface area contributed by atoms with Gasteiger partial charge in [-0.25, -0.2) is 0 Å². The minimum absolute atomic E-state index is 0.661. The Bertz CT molecular complexity index is 1710. The van der Waals surface area contributed by atoms with Crippen LogP contribution < -0.4 is 0 Å². The predicted molar refractivity (Wildman–Crippen MR) is 170 cm³/mol. The lowest BCUT2D eigenvalue weighted by molar-refractivity contribution is -0.138. The standard InChI is InChI=1S/C30H16Br2F6S4/c31-21-13-23(15-1-5-17(6-2-15)29(33,34)35)41-25(21)9-19-11-27-28(39-19)12-20(40-27)10-26-22(32)14-24(42-26)16-3-7-18(8-4-16)30(36,37)38/h1-8,11-14H,9-10H2. The van der Waals surface area contributed by atoms with Gasteiger partial charge >= 0.3 is 12.4 Å². The van der Waals surface area contributed by atoms with Gasteiger partial charge in [0.05, 0.1) is 11.1 Å². The molecular weight excluding hydrogens is 762 g/mol. The van der Waals surface area contributed by atoms with Crippen molar-refractivity contribution in [3.05, 3.63) is 112 Å². The fourth-order valence-electron chi connectivity index (χ4n) is 4.41. The number of fused-ring (bicyclic) bond motifs is 1. The van der Waals surface area contributed by atoms with E-state index in [-0.39, 0.29) is 0 Å². The van der Waals surface area contributed by atoms with E-state index in [4.69, 9.17) is 0 Å². The summed E-state index contributed by atoms with van der Waals surface area (Å²) in [5.41, 5.74) is 0.174. The van der Waals surface area contributed by atoms with Gasteiger partial charge in [0.15, 0.2) is 0 Å². The molecule has 0 aliphatic rings. The molecule has 0 saturated carbocycles. The third-order valence-corrected chi connectivity index (χ3v) is 13.1. The first-order valence-corrected chi connectivity index (χ1v) is 17.1. The van der Waals surface area contributed by atoms with Crippen molar-refractivity contribution >= 4 is 86.6 Å². The third-order valence-electron chi connectivity index (χ3n) is 6.49. The molecule has 0 N–H and O–H groups in total. The van der Waals surface area contributed by atoms with E-state index in [2.05, 4.69) is 44.0 Å². The van der Waals surface area contributed by atoms with E-state index >= 15 is 0 Å². The van der Waals surface area contributed by atoms with Gasteiger partial charge in [0.1, 0.15) is 0 Å². The third kappa shape index (κ3) is 6.44. The van der Waals surface area contributed by atoms with Crippen molar-refractivity contribution in [3.8, 4) is 20.9 Å². The molecule has 0 aliphatic heterocycles. The summed E-state index contributed by atoms with van der Waals surface area (Å²) in [6, 6.07) is 18.7. The maximum Gasteiger partial charge on any atom is 0.416 e. The molecule has 0 unspecified atom stereocenters. The largest absolute Gasteiger partial charge is 0.416 e. The summed E-state index contributed by atoms with van der Waals surface area (Å²) in [5, 5.41) is 0. The van der Waals surface area contributed by atoms with Gasteiger partial charge in [-0.1, -0.05) is 24.3 Å². The fourth-order valence-corrected chi connectivity index (χ4v) is 10.8. The van der Waals surface area contributed by atoms with E-state index in [1.165, 1.54) is 43.4 Å². The number of benzene rings is 2. The van der Waals surface area contributed by atoms with Gasteiger partial charge in [-0.2, -0.15) is 26.3 Å². The van der Waals surface area contributed by atoms with Gasteiger partial charge in [-0.05, 0) is 91.5 Å². The van der Waals surface area contributed by atoms with Crippen LogP contribution in [0.4, 0.5) is 26.3 Å². The molecule has 0 bridgehead atoms. The first-order valence-electron chi connectivity index (χ1n) is 12.3. The number of halogens is 8. The summed E-state index contributed by atoms with van der Waals surface area (Å²) in [7, 11) is 0. The highest BCUT2D eigenvalue weighted by molar-refractivity contribution is 9.11. The summed E-state index contributed by atoms with van der Waals surface area (Å²) in [5.74, 6) is 0. The minimum atomic E-state index is -4.36. The van der Waals surface area contributed by atoms with Gasteiger partial charge in [0, 0.05) is 60.4 Å². The van der Waals surface area contributed by atoms with E-state index in [1.807, 2.05) is 12.1 Å². The summed E-state index contributed by atoms with van der Waals surface area (Å²) in [4.78, 5) is 6.43. The molecule has 2 aromatic carbocycles. The lowest BCUT2D eigenvalue weighted by atomic mass is 10.1. The van der Waals surface area contributed by atoms with Crippen LogP contribution in [0.3, 0.4) is 0 Å². The zero-order valence-corrected chi connectivity index (χ0v) is 27.4. The summed E-state index contributed by atoms with van der Waals surface area (Å²) in [6.45, 7) is 0. The van der Waals surface area contributed by atoms with Crippen molar-refractivity contribution in [2.45, 2.75) is 25.2 Å². The highest BCUT2D eigenvalue weighted by Gasteiger charge is 2.31. The maximum atomic E-state index is 12.9. The van der Waals surface area contributed by atoms with Crippen LogP contribution in [0.15, 0.2) is 81.7 Å². The molecule has 6 rings (SSSR count). The molecule has 12 heteroatoms. The quantitative estimate of drug-likeness (QED) is 0.148. The molecule has 0 spiro atoms. The molecule has 0 nitrogen and oxygen atoms in total. The zero-order chi connectivity index (χ0) is 29.8. The van der Waals surface area contributed by atoms with E-state index in [0.29, 0.717) is 0 Å². The Morgan fingerprint density at radius 1 is 0.500 bits per heavy atom. The van der Waals surface area contributed by atoms with Crippen molar-refractivity contribution < 1.29 is 26.3 Å². The number of rotatable bonds is 6. The Kier molecular flexibility index (Phi) is 8.25. The van der Waals surface area contributed by atoms with Crippen LogP contribution in [0.5, 0.6) is 0 Å². The van der Waals surface area contributed by atoms with Crippen LogP contribution in [-0.2, 0) is 25.2 Å². The first kappa shape index (κ1) is 30.1. The second-order valence-corrected chi connectivity index (χ2v) is 15.7. The lowest BCUT2D eigenvalue weighted by Crippen LogP contribution is -2.03. The van der Waals surface area contributed by atoms with Gasteiger partial charge in [-0.3, -0.25) is 0 Å². The van der Waals surface area contributed by atoms with Crippen LogP contribution in [0.2, 0.25) is 0 Å². The van der Waals surface area contributed by atoms with Crippen LogP contribution in [-0.4, -0.2) is 0 Å². The van der Waals surface area contributed by atoms with Gasteiger partial charge in [0.2, 0.25) is 0 Å². The molecular formula is C30H16Br2F6S4. The average Bonchev–Trinajstić information content (AvgIpc) is 3.67. The smallest absolute Gasteiger partial charge is 0.166 e. The predicted octanol–water partition coefficient (Wildman–Crippen LogP) is 13.2.